The largest absolute Gasteiger partial charge is 0.466 e. The van der Waals surface area contributed by atoms with Crippen LogP contribution >= 0.6 is 0 Å². The number of benzene rings is 1. The van der Waals surface area contributed by atoms with Crippen molar-refractivity contribution in [2.24, 2.45) is 0 Å². The molecule has 22 nitrogen and oxygen atoms in total. The van der Waals surface area contributed by atoms with E-state index in [0.717, 1.165) is 6.07 Å². The molecule has 0 aliphatic heterocycles. The van der Waals surface area contributed by atoms with Gasteiger partial charge in [-0.05, 0) is 13.0 Å². The number of non-ortho nitro benzene ring substituents is 1. The second-order valence-electron chi connectivity index (χ2n) is 11.7. The normalized spacial score (nSPS) is 11.3. The van der Waals surface area contributed by atoms with Gasteiger partial charge in [0.15, 0.2) is 0 Å². The molecule has 1 aromatic carbocycles. The monoisotopic (exact) mass is 855 g/mol. The summed E-state index contributed by atoms with van der Waals surface area (Å²) in [5, 5.41) is 24.8. The Morgan fingerprint density at radius 3 is 1.07 bits per heavy atom. The van der Waals surface area contributed by atoms with Crippen LogP contribution in [-0.4, -0.2) is 201 Å². The molecule has 22 heteroatoms. The molecular weight excluding hydrogens is 790 g/mol. The smallest absolute Gasteiger partial charge is 0.308 e. The van der Waals surface area contributed by atoms with E-state index in [4.69, 9.17) is 66.3 Å². The molecule has 0 heterocycles. The Kier molecular flexibility index (Phi) is 37.8. The van der Waals surface area contributed by atoms with E-state index < -0.39 is 9.85 Å². The van der Waals surface area contributed by atoms with Gasteiger partial charge < -0.3 is 71.6 Å². The summed E-state index contributed by atoms with van der Waals surface area (Å²) < 4.78 is 75.5. The van der Waals surface area contributed by atoms with E-state index >= 15 is 0 Å². The van der Waals surface area contributed by atoms with Gasteiger partial charge in [-0.15, -0.1) is 0 Å². The van der Waals surface area contributed by atoms with Crippen molar-refractivity contribution in [3.63, 3.8) is 0 Å². The molecule has 0 fully saturated rings. The average Bonchev–Trinajstić information content (AvgIpc) is 3.22. The molecule has 0 bridgehead atoms. The lowest BCUT2D eigenvalue weighted by molar-refractivity contribution is -0.393. The first-order valence-electron chi connectivity index (χ1n) is 19.8. The first kappa shape index (κ1) is 53.8. The standard InChI is InChI=1S/C37H65N3O19/c1-2-59-37(41)5-7-46-9-11-48-13-15-50-17-19-52-21-23-54-25-27-56-29-31-58-32-30-57-28-26-55-24-22-53-20-18-51-16-14-49-12-10-47-8-6-38-35-4-3-34(39(42)43)33-36(35)40(44)45/h3-4,33,38H,2,5-32H2,1H3. The third-order valence-electron chi connectivity index (χ3n) is 7.17. The lowest BCUT2D eigenvalue weighted by atomic mass is 10.2. The number of hydrogen-bond acceptors (Lipinski definition) is 20. The van der Waals surface area contributed by atoms with E-state index in [1.807, 2.05) is 0 Å². The minimum Gasteiger partial charge on any atom is -0.466 e. The Balaban J connectivity index is 1.68. The Labute approximate surface area is 345 Å². The number of nitrogens with one attached hydrogen (secondary N) is 1. The molecule has 1 rings (SSSR count). The predicted octanol–water partition coefficient (Wildman–Crippen LogP) is 2.08. The van der Waals surface area contributed by atoms with E-state index in [1.165, 1.54) is 12.1 Å². The number of anilines is 1. The van der Waals surface area contributed by atoms with Crippen molar-refractivity contribution in [2.45, 2.75) is 13.3 Å². The first-order chi connectivity index (χ1) is 29.0. The van der Waals surface area contributed by atoms with E-state index in [9.17, 15) is 25.0 Å². The van der Waals surface area contributed by atoms with Crippen molar-refractivity contribution in [3.8, 4) is 0 Å². The quantitative estimate of drug-likeness (QED) is 0.0427. The molecule has 0 aromatic heterocycles. The summed E-state index contributed by atoms with van der Waals surface area (Å²) in [5.74, 6) is -0.262. The molecule has 1 aromatic rings. The van der Waals surface area contributed by atoms with Gasteiger partial charge in [0.2, 0.25) is 0 Å². The maximum atomic E-state index is 11.2. The van der Waals surface area contributed by atoms with Crippen molar-refractivity contribution in [1.29, 1.82) is 0 Å². The summed E-state index contributed by atoms with van der Waals surface area (Å²) in [6, 6.07) is 3.42. The molecular formula is C37H65N3O19. The van der Waals surface area contributed by atoms with Crippen LogP contribution in [0.25, 0.3) is 0 Å². The van der Waals surface area contributed by atoms with Crippen LogP contribution in [0.5, 0.6) is 0 Å². The van der Waals surface area contributed by atoms with Gasteiger partial charge in [-0.1, -0.05) is 0 Å². The molecule has 342 valence electrons. The van der Waals surface area contributed by atoms with Crippen molar-refractivity contribution in [1.82, 2.24) is 0 Å². The molecule has 0 radical (unpaired) electrons. The molecule has 59 heavy (non-hydrogen) atoms. The van der Waals surface area contributed by atoms with Crippen molar-refractivity contribution in [2.75, 3.05) is 190 Å². The fourth-order valence-corrected chi connectivity index (χ4v) is 4.32. The fourth-order valence-electron chi connectivity index (χ4n) is 4.32. The highest BCUT2D eigenvalue weighted by Crippen LogP contribution is 2.28. The summed E-state index contributed by atoms with van der Waals surface area (Å²) in [4.78, 5) is 31.8. The van der Waals surface area contributed by atoms with Crippen LogP contribution in [0.4, 0.5) is 17.1 Å². The molecule has 0 aliphatic rings. The van der Waals surface area contributed by atoms with Crippen LogP contribution in [0.1, 0.15) is 13.3 Å². The molecule has 0 unspecified atom stereocenters. The fraction of sp³-hybridized carbons (Fsp3) is 0.811. The zero-order chi connectivity index (χ0) is 42.7. The molecule has 0 saturated heterocycles. The lowest BCUT2D eigenvalue weighted by Crippen LogP contribution is -2.16. The molecule has 0 amide bonds. The van der Waals surface area contributed by atoms with Crippen LogP contribution in [0.15, 0.2) is 18.2 Å². The van der Waals surface area contributed by atoms with Crippen LogP contribution in [0.3, 0.4) is 0 Å². The van der Waals surface area contributed by atoms with Crippen molar-refractivity contribution >= 4 is 23.0 Å². The Bertz CT molecular complexity index is 1160. The second-order valence-corrected chi connectivity index (χ2v) is 11.7. The predicted molar refractivity (Wildman–Crippen MR) is 210 cm³/mol. The molecule has 0 spiro atoms. The number of hydrogen-bond donors (Lipinski definition) is 1. The van der Waals surface area contributed by atoms with Gasteiger partial charge >= 0.3 is 5.97 Å². The zero-order valence-corrected chi connectivity index (χ0v) is 34.4. The average molecular weight is 856 g/mol. The maximum absolute atomic E-state index is 11.2. The van der Waals surface area contributed by atoms with Crippen molar-refractivity contribution in [3.05, 3.63) is 38.4 Å². The third-order valence-corrected chi connectivity index (χ3v) is 7.17. The van der Waals surface area contributed by atoms with Gasteiger partial charge in [0.1, 0.15) is 5.69 Å². The van der Waals surface area contributed by atoms with Gasteiger partial charge in [-0.25, -0.2) is 0 Å². The van der Waals surface area contributed by atoms with E-state index in [-0.39, 0.29) is 42.6 Å². The highest BCUT2D eigenvalue weighted by Gasteiger charge is 2.19. The van der Waals surface area contributed by atoms with Crippen LogP contribution in [-0.2, 0) is 71.1 Å². The van der Waals surface area contributed by atoms with E-state index in [1.54, 1.807) is 6.92 Å². The summed E-state index contributed by atoms with van der Waals surface area (Å²) in [6.45, 7) is 13.6. The SMILES string of the molecule is CCOC(=O)CCOCCOCCOCCOCCOCCOCCOCCOCCOCCOCCOCCOCCOCCNc1ccc([N+](=O)[O-])cc1[N+](=O)[O-]. The lowest BCUT2D eigenvalue weighted by Gasteiger charge is -2.09. The topological polar surface area (TPSA) is 245 Å². The zero-order valence-electron chi connectivity index (χ0n) is 34.4. The number of ether oxygens (including phenoxy) is 14. The molecule has 0 aliphatic carbocycles. The number of carbonyl (C=O) groups excluding carboxylic acids is 1. The Morgan fingerprint density at radius 2 is 0.780 bits per heavy atom. The summed E-state index contributed by atoms with van der Waals surface area (Å²) in [7, 11) is 0. The number of nitro groups is 2. The Hall–Kier alpha value is -3.23. The highest BCUT2D eigenvalue weighted by atomic mass is 16.6. The number of nitro benzene ring substituents is 2. The van der Waals surface area contributed by atoms with Crippen LogP contribution < -0.4 is 5.32 Å². The van der Waals surface area contributed by atoms with Gasteiger partial charge in [-0.3, -0.25) is 25.0 Å². The number of esters is 1. The second kappa shape index (κ2) is 41.5. The van der Waals surface area contributed by atoms with Gasteiger partial charge in [0.25, 0.3) is 11.4 Å². The summed E-state index contributed by atoms with van der Waals surface area (Å²) >= 11 is 0. The van der Waals surface area contributed by atoms with Gasteiger partial charge in [-0.2, -0.15) is 0 Å². The van der Waals surface area contributed by atoms with E-state index in [2.05, 4.69) is 5.32 Å². The minimum atomic E-state index is -0.684. The summed E-state index contributed by atoms with van der Waals surface area (Å²) in [6.07, 6.45) is 0.244. The Morgan fingerprint density at radius 1 is 0.475 bits per heavy atom. The molecule has 1 N–H and O–H groups in total. The first-order valence-corrected chi connectivity index (χ1v) is 19.8. The molecule has 0 atom stereocenters. The highest BCUT2D eigenvalue weighted by molar-refractivity contribution is 5.69. The van der Waals surface area contributed by atoms with Crippen LogP contribution in [0, 0.1) is 20.2 Å². The maximum Gasteiger partial charge on any atom is 0.308 e. The number of carbonyl (C=O) groups is 1. The minimum absolute atomic E-state index is 0.181. The van der Waals surface area contributed by atoms with Crippen molar-refractivity contribution < 1.29 is 81.0 Å². The van der Waals surface area contributed by atoms with Gasteiger partial charge in [0, 0.05) is 12.6 Å². The van der Waals surface area contributed by atoms with Crippen LogP contribution in [0.2, 0.25) is 0 Å². The number of nitrogens with zero attached hydrogens (tertiary/aromatic N) is 2. The van der Waals surface area contributed by atoms with E-state index in [0.29, 0.717) is 172 Å². The van der Waals surface area contributed by atoms with Gasteiger partial charge in [0.05, 0.1) is 201 Å². The summed E-state index contributed by atoms with van der Waals surface area (Å²) in [5.41, 5.74) is -0.539. The molecule has 0 saturated carbocycles. The third kappa shape index (κ3) is 35.3. The number of rotatable bonds is 46.